The van der Waals surface area contributed by atoms with Crippen LogP contribution in [0.2, 0.25) is 0 Å². The summed E-state index contributed by atoms with van der Waals surface area (Å²) in [6, 6.07) is 29.0. The number of aromatic amines is 2. The van der Waals surface area contributed by atoms with E-state index in [9.17, 15) is 13.2 Å². The van der Waals surface area contributed by atoms with Gasteiger partial charge in [-0.05, 0) is 122 Å². The van der Waals surface area contributed by atoms with Crippen LogP contribution < -0.4 is 4.90 Å². The molecule has 6 fully saturated rings. The number of morpholine rings is 1. The standard InChI is InChI=1S/C50H54N6O6S2/c57-49(54-23-25-62-26-24-54)48-42-17-18-50(42,32-56(48)64(60,61)38-13-16-47(53-19-5-20-53)41(31-38)46-28-34-9-3-4-10-43(34)51-46)36-11-15-44-35(27-36)29-45(52-44)40-30-37(63(58,59)55-21-6-22-55)12-14-39(40)33-7-1-2-8-33/h3-4,9-16,27-31,33,42,48,51-52H,1-2,5-8,17-26,32H2/t42-,48+,50+/m1/s1. The smallest absolute Gasteiger partial charge is 0.243 e. The molecule has 6 aromatic rings. The molecule has 4 aromatic carbocycles. The first-order chi connectivity index (χ1) is 31.1. The first-order valence-corrected chi connectivity index (χ1v) is 26.1. The van der Waals surface area contributed by atoms with E-state index in [0.717, 1.165) is 120 Å². The maximum absolute atomic E-state index is 15.4. The van der Waals surface area contributed by atoms with Crippen LogP contribution in [0.15, 0.2) is 101 Å². The molecule has 14 heteroatoms. The number of anilines is 1. The van der Waals surface area contributed by atoms with E-state index in [4.69, 9.17) is 4.74 Å². The molecule has 2 aromatic heterocycles. The third-order valence-corrected chi connectivity index (χ3v) is 19.4. The predicted octanol–water partition coefficient (Wildman–Crippen LogP) is 7.83. The summed E-state index contributed by atoms with van der Waals surface area (Å²) in [6.07, 6.45) is 7.94. The van der Waals surface area contributed by atoms with Crippen molar-refractivity contribution in [3.8, 4) is 22.5 Å². The van der Waals surface area contributed by atoms with Crippen molar-refractivity contribution in [3.05, 3.63) is 102 Å². The Kier molecular flexibility index (Phi) is 9.69. The van der Waals surface area contributed by atoms with Gasteiger partial charge in [-0.3, -0.25) is 4.79 Å². The number of sulfonamides is 2. The van der Waals surface area contributed by atoms with Gasteiger partial charge in [0, 0.05) is 101 Å². The molecule has 0 radical (unpaired) electrons. The minimum absolute atomic E-state index is 0.149. The molecular weight excluding hydrogens is 845 g/mol. The Labute approximate surface area is 374 Å². The molecule has 3 atom stereocenters. The van der Waals surface area contributed by atoms with Crippen LogP contribution in [0.5, 0.6) is 0 Å². The highest BCUT2D eigenvalue weighted by atomic mass is 32.2. The van der Waals surface area contributed by atoms with Crippen molar-refractivity contribution in [2.24, 2.45) is 5.92 Å². The molecule has 1 amide bonds. The highest BCUT2D eigenvalue weighted by molar-refractivity contribution is 7.89. The van der Waals surface area contributed by atoms with Gasteiger partial charge in [0.2, 0.25) is 26.0 Å². The van der Waals surface area contributed by atoms with Crippen molar-refractivity contribution in [2.45, 2.75) is 78.5 Å². The second-order valence-electron chi connectivity index (χ2n) is 19.0. The lowest BCUT2D eigenvalue weighted by atomic mass is 9.56. The van der Waals surface area contributed by atoms with Crippen LogP contribution in [0.3, 0.4) is 0 Å². The van der Waals surface area contributed by atoms with Gasteiger partial charge in [0.25, 0.3) is 0 Å². The van der Waals surface area contributed by atoms with E-state index in [1.807, 2.05) is 42.5 Å². The first kappa shape index (κ1) is 40.5. The molecule has 4 aliphatic heterocycles. The number of carbonyl (C=O) groups excluding carboxylic acids is 1. The molecule has 0 unspecified atom stereocenters. The largest absolute Gasteiger partial charge is 0.378 e. The number of ether oxygens (including phenoxy) is 1. The molecule has 4 saturated heterocycles. The molecule has 12 nitrogen and oxygen atoms in total. The Balaban J connectivity index is 0.933. The number of hydrogen-bond donors (Lipinski definition) is 2. The third kappa shape index (κ3) is 6.41. The van der Waals surface area contributed by atoms with Crippen LogP contribution in [0, 0.1) is 5.92 Å². The molecule has 0 bridgehead atoms. The molecule has 12 rings (SSSR count). The predicted molar refractivity (Wildman–Crippen MR) is 248 cm³/mol. The van der Waals surface area contributed by atoms with Crippen LogP contribution in [0.1, 0.15) is 68.4 Å². The van der Waals surface area contributed by atoms with Gasteiger partial charge in [-0.1, -0.05) is 43.2 Å². The lowest BCUT2D eigenvalue weighted by Crippen LogP contribution is -2.54. The molecule has 64 heavy (non-hydrogen) atoms. The second-order valence-corrected chi connectivity index (χ2v) is 22.8. The number of rotatable bonds is 10. The van der Waals surface area contributed by atoms with Gasteiger partial charge in [0.1, 0.15) is 6.04 Å². The fourth-order valence-electron chi connectivity index (χ4n) is 11.7. The Hall–Kier alpha value is -4.99. The summed E-state index contributed by atoms with van der Waals surface area (Å²) >= 11 is 0. The average Bonchev–Trinajstić information content (AvgIpc) is 4.07. The number of fused-ring (bicyclic) bond motifs is 3. The van der Waals surface area contributed by atoms with Crippen LogP contribution >= 0.6 is 0 Å². The van der Waals surface area contributed by atoms with Crippen LogP contribution in [0.4, 0.5) is 5.69 Å². The Morgan fingerprint density at radius 2 is 1.34 bits per heavy atom. The van der Waals surface area contributed by atoms with Crippen LogP contribution in [0.25, 0.3) is 44.3 Å². The maximum atomic E-state index is 15.4. The number of nitrogens with one attached hydrogen (secondary N) is 2. The Morgan fingerprint density at radius 3 is 2.05 bits per heavy atom. The second kappa shape index (κ2) is 15.3. The van der Waals surface area contributed by atoms with E-state index in [2.05, 4.69) is 51.3 Å². The Morgan fingerprint density at radius 1 is 0.656 bits per heavy atom. The molecule has 2 aliphatic carbocycles. The van der Waals surface area contributed by atoms with E-state index in [-0.39, 0.29) is 23.3 Å². The zero-order chi connectivity index (χ0) is 43.4. The van der Waals surface area contributed by atoms with Crippen molar-refractivity contribution < 1.29 is 26.4 Å². The summed E-state index contributed by atoms with van der Waals surface area (Å²) in [5.41, 5.74) is 8.03. The lowest BCUT2D eigenvalue weighted by molar-refractivity contribution is -0.140. The average molecular weight is 899 g/mol. The van der Waals surface area contributed by atoms with Crippen LogP contribution in [-0.2, 0) is 35.0 Å². The maximum Gasteiger partial charge on any atom is 0.243 e. The summed E-state index contributed by atoms with van der Waals surface area (Å²) in [5, 5.41) is 2.03. The van der Waals surface area contributed by atoms with Crippen molar-refractivity contribution in [1.29, 1.82) is 0 Å². The number of aromatic nitrogens is 2. The summed E-state index contributed by atoms with van der Waals surface area (Å²) in [6.45, 7) is 4.83. The van der Waals surface area contributed by atoms with E-state index in [1.165, 1.54) is 5.56 Å². The molecule has 2 N–H and O–H groups in total. The highest BCUT2D eigenvalue weighted by Crippen LogP contribution is 2.58. The van der Waals surface area contributed by atoms with Gasteiger partial charge < -0.3 is 24.5 Å². The minimum atomic E-state index is -4.18. The van der Waals surface area contributed by atoms with E-state index >= 15 is 8.42 Å². The molecule has 332 valence electrons. The number of amides is 1. The molecular formula is C50H54N6O6S2. The molecule has 0 spiro atoms. The normalized spacial score (nSPS) is 24.5. The van der Waals surface area contributed by atoms with E-state index in [1.54, 1.807) is 25.6 Å². The number of H-pyrrole nitrogens is 2. The van der Waals surface area contributed by atoms with Gasteiger partial charge in [-0.2, -0.15) is 8.61 Å². The summed E-state index contributed by atoms with van der Waals surface area (Å²) < 4.78 is 66.8. The number of hydrogen-bond acceptors (Lipinski definition) is 7. The zero-order valence-corrected chi connectivity index (χ0v) is 37.6. The van der Waals surface area contributed by atoms with Crippen LogP contribution in [-0.4, -0.2) is 111 Å². The molecule has 6 heterocycles. The fraction of sp³-hybridized carbons (Fsp3) is 0.420. The quantitative estimate of drug-likeness (QED) is 0.143. The molecule has 2 saturated carbocycles. The van der Waals surface area contributed by atoms with Gasteiger partial charge in [-0.25, -0.2) is 16.8 Å². The summed E-state index contributed by atoms with van der Waals surface area (Å²) in [7, 11) is -7.77. The number of nitrogens with zero attached hydrogens (tertiary/aromatic N) is 4. The SMILES string of the molecule is O=C([C@@H]1[C@H]2CC[C@@]2(c2ccc3[nH]c(-c4cc(S(=O)(=O)N5CCC5)ccc4C4CCCC4)cc3c2)CN1S(=O)(=O)c1ccc(N2CCC2)c(-c2cc3ccccc3[nH]2)c1)N1CCOCC1. The Bertz CT molecular complexity index is 3020. The fourth-order valence-corrected chi connectivity index (χ4v) is 15.0. The number of para-hydroxylation sites is 1. The first-order valence-electron chi connectivity index (χ1n) is 23.2. The summed E-state index contributed by atoms with van der Waals surface area (Å²) in [4.78, 5) is 26.6. The van der Waals surface area contributed by atoms with Gasteiger partial charge in [0.15, 0.2) is 0 Å². The lowest BCUT2D eigenvalue weighted by Gasteiger charge is -2.46. The van der Waals surface area contributed by atoms with Gasteiger partial charge in [-0.15, -0.1) is 0 Å². The van der Waals surface area contributed by atoms with E-state index < -0.39 is 31.5 Å². The van der Waals surface area contributed by atoms with Gasteiger partial charge >= 0.3 is 0 Å². The third-order valence-electron chi connectivity index (χ3n) is 15.7. The van der Waals surface area contributed by atoms with Crippen molar-refractivity contribution in [3.63, 3.8) is 0 Å². The molecule has 6 aliphatic rings. The highest BCUT2D eigenvalue weighted by Gasteiger charge is 2.64. The van der Waals surface area contributed by atoms with Crippen molar-refractivity contribution in [1.82, 2.24) is 23.5 Å². The van der Waals surface area contributed by atoms with E-state index in [0.29, 0.717) is 50.2 Å². The number of benzene rings is 4. The zero-order valence-electron chi connectivity index (χ0n) is 36.0. The van der Waals surface area contributed by atoms with Crippen molar-refractivity contribution in [2.75, 3.05) is 63.9 Å². The topological polar surface area (TPSA) is 139 Å². The summed E-state index contributed by atoms with van der Waals surface area (Å²) in [5.74, 6) is 0.00792. The number of carbonyl (C=O) groups is 1. The monoisotopic (exact) mass is 898 g/mol. The minimum Gasteiger partial charge on any atom is -0.378 e. The van der Waals surface area contributed by atoms with Crippen molar-refractivity contribution >= 4 is 53.4 Å². The van der Waals surface area contributed by atoms with Gasteiger partial charge in [0.05, 0.1) is 23.0 Å².